The molecule has 7 heteroatoms. The van der Waals surface area contributed by atoms with Crippen LogP contribution in [0.15, 0.2) is 23.8 Å². The van der Waals surface area contributed by atoms with E-state index < -0.39 is 0 Å². The van der Waals surface area contributed by atoms with Gasteiger partial charge in [-0.05, 0) is 12.1 Å². The second-order valence-corrected chi connectivity index (χ2v) is 4.81. The largest absolute Gasteiger partial charge is 0.505 e. The van der Waals surface area contributed by atoms with Crippen LogP contribution in [0.2, 0.25) is 10.0 Å². The number of hydrogen-bond acceptors (Lipinski definition) is 4. The number of aromatic hydroxyl groups is 1. The molecule has 1 heterocycles. The Hall–Kier alpha value is -1.30. The second kappa shape index (κ2) is 4.91. The minimum Gasteiger partial charge on any atom is -0.505 e. The van der Waals surface area contributed by atoms with Crippen LogP contribution in [0.5, 0.6) is 5.75 Å². The van der Waals surface area contributed by atoms with E-state index in [0.29, 0.717) is 10.6 Å². The number of halogens is 2. The van der Waals surface area contributed by atoms with Crippen LogP contribution in [-0.4, -0.2) is 16.0 Å². The van der Waals surface area contributed by atoms with Crippen LogP contribution in [0.4, 0.5) is 5.69 Å². The van der Waals surface area contributed by atoms with Crippen molar-refractivity contribution < 1.29 is 9.90 Å². The van der Waals surface area contributed by atoms with E-state index in [0.717, 1.165) is 0 Å². The van der Waals surface area contributed by atoms with Gasteiger partial charge >= 0.3 is 0 Å². The molecule has 1 aromatic heterocycles. The summed E-state index contributed by atoms with van der Waals surface area (Å²) in [6, 6.07) is 2.84. The van der Waals surface area contributed by atoms with Crippen LogP contribution in [0.25, 0.3) is 0 Å². The second-order valence-electron chi connectivity index (χ2n) is 3.11. The van der Waals surface area contributed by atoms with E-state index in [9.17, 15) is 9.90 Å². The smallest absolute Gasteiger partial charge is 0.267 e. The lowest BCUT2D eigenvalue weighted by Crippen LogP contribution is -2.10. The molecule has 0 aliphatic carbocycles. The fourth-order valence-electron chi connectivity index (χ4n) is 1.16. The van der Waals surface area contributed by atoms with E-state index in [1.165, 1.54) is 29.7 Å². The SMILES string of the molecule is O=C(Nc1cc(Cl)c(O)c(Cl)c1)c1cncs1. The van der Waals surface area contributed by atoms with Crippen molar-refractivity contribution in [3.8, 4) is 5.75 Å². The number of benzene rings is 1. The Balaban J connectivity index is 2.22. The number of carbonyl (C=O) groups is 1. The zero-order chi connectivity index (χ0) is 12.4. The highest BCUT2D eigenvalue weighted by molar-refractivity contribution is 7.11. The van der Waals surface area contributed by atoms with Gasteiger partial charge in [-0.1, -0.05) is 23.2 Å². The summed E-state index contributed by atoms with van der Waals surface area (Å²) >= 11 is 12.7. The van der Waals surface area contributed by atoms with Crippen LogP contribution in [-0.2, 0) is 0 Å². The fraction of sp³-hybridized carbons (Fsp3) is 0. The normalized spacial score (nSPS) is 10.2. The third kappa shape index (κ3) is 2.69. The third-order valence-corrected chi connectivity index (χ3v) is 3.28. The molecular weight excluding hydrogens is 283 g/mol. The van der Waals surface area contributed by atoms with Gasteiger partial charge in [-0.2, -0.15) is 0 Å². The zero-order valence-corrected chi connectivity index (χ0v) is 10.6. The number of nitrogens with zero attached hydrogens (tertiary/aromatic N) is 1. The number of phenolic OH excluding ortho intramolecular Hbond substituents is 1. The van der Waals surface area contributed by atoms with Crippen molar-refractivity contribution >= 4 is 46.1 Å². The fourth-order valence-corrected chi connectivity index (χ4v) is 2.16. The van der Waals surface area contributed by atoms with E-state index in [1.807, 2.05) is 0 Å². The minimum absolute atomic E-state index is 0.0807. The van der Waals surface area contributed by atoms with Crippen molar-refractivity contribution in [2.75, 3.05) is 5.32 Å². The number of anilines is 1. The number of aromatic nitrogens is 1. The molecule has 0 spiro atoms. The molecule has 88 valence electrons. The lowest BCUT2D eigenvalue weighted by atomic mass is 10.3. The molecule has 0 aliphatic rings. The maximum Gasteiger partial charge on any atom is 0.267 e. The predicted molar refractivity (Wildman–Crippen MR) is 68.2 cm³/mol. The Bertz CT molecular complexity index is 534. The highest BCUT2D eigenvalue weighted by atomic mass is 35.5. The minimum atomic E-state index is -0.301. The van der Waals surface area contributed by atoms with Crippen LogP contribution in [0.1, 0.15) is 9.67 Å². The van der Waals surface area contributed by atoms with Gasteiger partial charge < -0.3 is 10.4 Å². The van der Waals surface area contributed by atoms with Crippen molar-refractivity contribution in [1.82, 2.24) is 4.98 Å². The van der Waals surface area contributed by atoms with E-state index in [-0.39, 0.29) is 21.7 Å². The van der Waals surface area contributed by atoms with Crippen molar-refractivity contribution in [3.05, 3.63) is 38.8 Å². The number of phenols is 1. The Labute approximate surface area is 111 Å². The van der Waals surface area contributed by atoms with Gasteiger partial charge in [-0.3, -0.25) is 9.78 Å². The van der Waals surface area contributed by atoms with Gasteiger partial charge in [0, 0.05) is 5.69 Å². The first-order valence-electron chi connectivity index (χ1n) is 4.46. The first-order chi connectivity index (χ1) is 8.08. The van der Waals surface area contributed by atoms with Crippen LogP contribution in [0, 0.1) is 0 Å². The average molecular weight is 289 g/mol. The Morgan fingerprint density at radius 3 is 2.53 bits per heavy atom. The molecule has 2 aromatic rings. The van der Waals surface area contributed by atoms with Gasteiger partial charge in [-0.25, -0.2) is 0 Å². The molecule has 1 aromatic carbocycles. The quantitative estimate of drug-likeness (QED) is 0.833. The molecule has 2 rings (SSSR count). The molecule has 0 unspecified atom stereocenters. The standard InChI is InChI=1S/C10H6Cl2N2O2S/c11-6-1-5(2-7(12)9(6)15)14-10(16)8-3-13-4-17-8/h1-4,15H,(H,14,16). The van der Waals surface area contributed by atoms with Gasteiger partial charge in [-0.15, -0.1) is 11.3 Å². The molecule has 17 heavy (non-hydrogen) atoms. The first-order valence-corrected chi connectivity index (χ1v) is 6.09. The molecule has 0 aliphatic heterocycles. The Morgan fingerprint density at radius 2 is 2.00 bits per heavy atom. The molecule has 0 saturated heterocycles. The van der Waals surface area contributed by atoms with Gasteiger partial charge in [0.25, 0.3) is 5.91 Å². The van der Waals surface area contributed by atoms with Crippen LogP contribution >= 0.6 is 34.5 Å². The van der Waals surface area contributed by atoms with E-state index in [4.69, 9.17) is 23.2 Å². The lowest BCUT2D eigenvalue weighted by molar-refractivity contribution is 0.103. The topological polar surface area (TPSA) is 62.2 Å². The molecule has 4 nitrogen and oxygen atoms in total. The number of amides is 1. The van der Waals surface area contributed by atoms with Crippen LogP contribution in [0.3, 0.4) is 0 Å². The summed E-state index contributed by atoms with van der Waals surface area (Å²) in [4.78, 5) is 16.0. The van der Waals surface area contributed by atoms with Crippen molar-refractivity contribution in [1.29, 1.82) is 0 Å². The summed E-state index contributed by atoms with van der Waals surface area (Å²) in [5, 5.41) is 12.1. The van der Waals surface area contributed by atoms with Gasteiger partial charge in [0.1, 0.15) is 4.88 Å². The number of carbonyl (C=O) groups excluding carboxylic acids is 1. The molecular formula is C10H6Cl2N2O2S. The molecule has 0 saturated carbocycles. The zero-order valence-electron chi connectivity index (χ0n) is 8.28. The lowest BCUT2D eigenvalue weighted by Gasteiger charge is -2.06. The van der Waals surface area contributed by atoms with Gasteiger partial charge in [0.05, 0.1) is 21.8 Å². The maximum atomic E-state index is 11.7. The van der Waals surface area contributed by atoms with Crippen LogP contribution < -0.4 is 5.32 Å². The van der Waals surface area contributed by atoms with Crippen molar-refractivity contribution in [2.45, 2.75) is 0 Å². The van der Waals surface area contributed by atoms with Gasteiger partial charge in [0.15, 0.2) is 5.75 Å². The molecule has 0 radical (unpaired) electrons. The maximum absolute atomic E-state index is 11.7. The summed E-state index contributed by atoms with van der Waals surface area (Å²) < 4.78 is 0. The van der Waals surface area contributed by atoms with Crippen molar-refractivity contribution in [3.63, 3.8) is 0 Å². The predicted octanol–water partition coefficient (Wildman–Crippen LogP) is 3.41. The molecule has 1 amide bonds. The van der Waals surface area contributed by atoms with E-state index in [2.05, 4.69) is 10.3 Å². The van der Waals surface area contributed by atoms with E-state index in [1.54, 1.807) is 5.51 Å². The summed E-state index contributed by atoms with van der Waals surface area (Å²) in [5.41, 5.74) is 1.97. The summed E-state index contributed by atoms with van der Waals surface area (Å²) in [6.07, 6.45) is 1.46. The average Bonchev–Trinajstić information content (AvgIpc) is 2.79. The number of nitrogens with one attached hydrogen (secondary N) is 1. The monoisotopic (exact) mass is 288 g/mol. The molecule has 0 bridgehead atoms. The number of hydrogen-bond donors (Lipinski definition) is 2. The highest BCUT2D eigenvalue weighted by Crippen LogP contribution is 2.34. The van der Waals surface area contributed by atoms with Gasteiger partial charge in [0.2, 0.25) is 0 Å². The first kappa shape index (κ1) is 12.2. The molecule has 2 N–H and O–H groups in total. The summed E-state index contributed by atoms with van der Waals surface area (Å²) in [5.74, 6) is -0.505. The number of thiazole rings is 1. The third-order valence-electron chi connectivity index (χ3n) is 1.93. The number of rotatable bonds is 2. The Morgan fingerprint density at radius 1 is 1.35 bits per heavy atom. The highest BCUT2D eigenvalue weighted by Gasteiger charge is 2.11. The molecule has 0 fully saturated rings. The van der Waals surface area contributed by atoms with Crippen molar-refractivity contribution in [2.24, 2.45) is 0 Å². The molecule has 0 atom stereocenters. The van der Waals surface area contributed by atoms with E-state index >= 15 is 0 Å². The Kier molecular flexibility index (Phi) is 3.51. The summed E-state index contributed by atoms with van der Waals surface area (Å²) in [6.45, 7) is 0. The summed E-state index contributed by atoms with van der Waals surface area (Å²) in [7, 11) is 0.